The highest BCUT2D eigenvalue weighted by molar-refractivity contribution is 5.98. The van der Waals surface area contributed by atoms with Crippen molar-refractivity contribution in [1.82, 2.24) is 14.5 Å². The molecule has 1 saturated carbocycles. The summed E-state index contributed by atoms with van der Waals surface area (Å²) in [5, 5.41) is 12.6. The molecule has 2 heterocycles. The molecule has 2 aliphatic rings. The van der Waals surface area contributed by atoms with Crippen molar-refractivity contribution in [2.45, 2.75) is 144 Å². The van der Waals surface area contributed by atoms with Crippen LogP contribution in [0, 0.1) is 17.3 Å². The van der Waals surface area contributed by atoms with Gasteiger partial charge in [0, 0.05) is 22.9 Å². The Balaban J connectivity index is 1.19. The van der Waals surface area contributed by atoms with Gasteiger partial charge < -0.3 is 5.11 Å². The Morgan fingerprint density at radius 2 is 1.20 bits per heavy atom. The number of pyridine rings is 1. The van der Waals surface area contributed by atoms with E-state index in [1.807, 2.05) is 6.20 Å². The first kappa shape index (κ1) is 48.4. The fourth-order valence-corrected chi connectivity index (χ4v) is 13.3. The fraction of sp³-hybridized carbons (Fsp3) is 0.373. The summed E-state index contributed by atoms with van der Waals surface area (Å²) in [6, 6.07) is 48.6. The maximum absolute atomic E-state index is 12.6. The summed E-state index contributed by atoms with van der Waals surface area (Å²) in [5.74, 6) is 2.83. The van der Waals surface area contributed by atoms with Crippen LogP contribution in [-0.2, 0) is 16.2 Å². The lowest BCUT2D eigenvalue weighted by Crippen LogP contribution is -2.41. The number of para-hydroxylation sites is 2. The Kier molecular flexibility index (Phi) is 12.1. The van der Waals surface area contributed by atoms with E-state index in [1.165, 1.54) is 64.6 Å². The predicted octanol–water partition coefficient (Wildman–Crippen LogP) is 18.4. The number of phenolic OH excluding ortho intramolecular Hbond substituents is 1. The quantitative estimate of drug-likeness (QED) is 0.157. The van der Waals surface area contributed by atoms with E-state index in [1.54, 1.807) is 0 Å². The molecule has 1 fully saturated rings. The minimum atomic E-state index is -0.146. The van der Waals surface area contributed by atoms with Gasteiger partial charge in [0.1, 0.15) is 11.6 Å². The second kappa shape index (κ2) is 17.8. The topological polar surface area (TPSA) is 50.9 Å². The first-order chi connectivity index (χ1) is 33.7. The van der Waals surface area contributed by atoms with Crippen molar-refractivity contribution in [1.29, 1.82) is 0 Å². The molecule has 71 heavy (non-hydrogen) atoms. The van der Waals surface area contributed by atoms with Gasteiger partial charge in [-0.1, -0.05) is 175 Å². The standard InChI is InChI=1S/C67H75N3O/c1-41(2)49-24-19-25-50(42(3)4)60(49)45-31-34-68-56(38-45)47-35-46(36-48(37-47)64(5,6)7)52-26-20-28-58-61(52)69-63(70(58)57-27-18-17-23-51(57)43-21-15-14-16-22-43)53-39-54-55(40-59(53)71)67(12,13)62(66(54,10)11)44-29-32-65(8,9)33-30-44/h14-28,31,34-42,44,62,71H,29-30,32-33H2,1-13H3. The van der Waals surface area contributed by atoms with Gasteiger partial charge in [0.2, 0.25) is 0 Å². The lowest BCUT2D eigenvalue weighted by Gasteiger charge is -2.46. The molecule has 4 heteroatoms. The van der Waals surface area contributed by atoms with E-state index in [2.05, 4.69) is 228 Å². The Morgan fingerprint density at radius 3 is 1.86 bits per heavy atom. The first-order valence-electron chi connectivity index (χ1n) is 26.5. The smallest absolute Gasteiger partial charge is 0.149 e. The Bertz CT molecular complexity index is 3260. The van der Waals surface area contributed by atoms with E-state index < -0.39 is 0 Å². The normalized spacial score (nSPS) is 17.6. The number of nitrogens with zero attached hydrogens (tertiary/aromatic N) is 3. The number of phenols is 1. The minimum Gasteiger partial charge on any atom is -0.507 e. The molecule has 4 nitrogen and oxygen atoms in total. The van der Waals surface area contributed by atoms with Crippen LogP contribution in [0.15, 0.2) is 140 Å². The van der Waals surface area contributed by atoms with Gasteiger partial charge in [0.05, 0.1) is 28.0 Å². The summed E-state index contributed by atoms with van der Waals surface area (Å²) in [6.45, 7) is 30.7. The van der Waals surface area contributed by atoms with Gasteiger partial charge in [0.15, 0.2) is 0 Å². The third-order valence-electron chi connectivity index (χ3n) is 16.9. The third-order valence-corrected chi connectivity index (χ3v) is 16.9. The molecule has 2 aromatic heterocycles. The molecular weight excluding hydrogens is 863 g/mol. The van der Waals surface area contributed by atoms with Crippen LogP contribution in [0.1, 0.15) is 155 Å². The summed E-state index contributed by atoms with van der Waals surface area (Å²) in [7, 11) is 0. The molecule has 0 radical (unpaired) electrons. The maximum Gasteiger partial charge on any atom is 0.149 e. The summed E-state index contributed by atoms with van der Waals surface area (Å²) in [4.78, 5) is 10.8. The molecular formula is C67H75N3O. The number of fused-ring (bicyclic) bond motifs is 2. The van der Waals surface area contributed by atoms with Crippen LogP contribution >= 0.6 is 0 Å². The summed E-state index contributed by atoms with van der Waals surface area (Å²) in [6.07, 6.45) is 7.00. The average Bonchev–Trinajstić information content (AvgIpc) is 3.79. The number of imidazole rings is 1. The van der Waals surface area contributed by atoms with Crippen LogP contribution in [0.25, 0.3) is 72.7 Å². The Hall–Kier alpha value is -6.26. The van der Waals surface area contributed by atoms with Crippen LogP contribution in [0.5, 0.6) is 5.75 Å². The Morgan fingerprint density at radius 1 is 0.592 bits per heavy atom. The molecule has 1 unspecified atom stereocenters. The predicted molar refractivity (Wildman–Crippen MR) is 300 cm³/mol. The lowest BCUT2D eigenvalue weighted by molar-refractivity contribution is 0.0790. The number of hydrogen-bond acceptors (Lipinski definition) is 3. The first-order valence-corrected chi connectivity index (χ1v) is 26.5. The maximum atomic E-state index is 12.6. The van der Waals surface area contributed by atoms with E-state index in [0.717, 1.165) is 61.6 Å². The van der Waals surface area contributed by atoms with Gasteiger partial charge in [-0.25, -0.2) is 4.98 Å². The molecule has 0 spiro atoms. The molecule has 0 bridgehead atoms. The molecule has 2 aliphatic carbocycles. The number of aromatic nitrogens is 3. The largest absolute Gasteiger partial charge is 0.507 e. The highest BCUT2D eigenvalue weighted by Crippen LogP contribution is 2.61. The number of hydrogen-bond donors (Lipinski definition) is 1. The van der Waals surface area contributed by atoms with Gasteiger partial charge in [-0.15, -0.1) is 0 Å². The SMILES string of the molecule is CC(C)c1cccc(C(C)C)c1-c1ccnc(-c2cc(-c3cccc4c3nc(-c3cc5c(cc3O)C(C)(C)C(C3CCC(C)(C)CC3)C5(C)C)n4-c3ccccc3-c3ccccc3)cc(C(C)(C)C)c2)c1. The van der Waals surface area contributed by atoms with Crippen molar-refractivity contribution < 1.29 is 5.11 Å². The summed E-state index contributed by atoms with van der Waals surface area (Å²) >= 11 is 0. The van der Waals surface area contributed by atoms with Gasteiger partial charge in [0.25, 0.3) is 0 Å². The van der Waals surface area contributed by atoms with E-state index in [4.69, 9.17) is 9.97 Å². The second-order valence-corrected chi connectivity index (χ2v) is 24.8. The van der Waals surface area contributed by atoms with E-state index in [9.17, 15) is 5.11 Å². The number of aromatic hydroxyl groups is 1. The van der Waals surface area contributed by atoms with Gasteiger partial charge in [-0.2, -0.15) is 0 Å². The highest BCUT2D eigenvalue weighted by atomic mass is 16.3. The van der Waals surface area contributed by atoms with E-state index in [-0.39, 0.29) is 22.0 Å². The van der Waals surface area contributed by atoms with Crippen molar-refractivity contribution >= 4 is 11.0 Å². The fourth-order valence-electron chi connectivity index (χ4n) is 13.3. The van der Waals surface area contributed by atoms with Crippen LogP contribution in [0.3, 0.4) is 0 Å². The molecule has 8 aromatic rings. The van der Waals surface area contributed by atoms with Crippen LogP contribution in [-0.4, -0.2) is 19.6 Å². The van der Waals surface area contributed by atoms with Crippen LogP contribution in [0.4, 0.5) is 0 Å². The molecule has 10 rings (SSSR count). The van der Waals surface area contributed by atoms with Crippen molar-refractivity contribution in [3.63, 3.8) is 0 Å². The number of rotatable bonds is 9. The minimum absolute atomic E-state index is 0.104. The van der Waals surface area contributed by atoms with Crippen molar-refractivity contribution in [2.24, 2.45) is 17.3 Å². The summed E-state index contributed by atoms with van der Waals surface area (Å²) < 4.78 is 2.31. The molecule has 0 saturated heterocycles. The van der Waals surface area contributed by atoms with Crippen LogP contribution in [0.2, 0.25) is 0 Å². The molecule has 1 N–H and O–H groups in total. The van der Waals surface area contributed by atoms with Crippen LogP contribution < -0.4 is 0 Å². The molecule has 364 valence electrons. The zero-order valence-corrected chi connectivity index (χ0v) is 44.7. The monoisotopic (exact) mass is 938 g/mol. The van der Waals surface area contributed by atoms with Gasteiger partial charge >= 0.3 is 0 Å². The van der Waals surface area contributed by atoms with Crippen molar-refractivity contribution in [3.8, 4) is 67.5 Å². The zero-order valence-electron chi connectivity index (χ0n) is 44.7. The average molecular weight is 938 g/mol. The molecule has 0 amide bonds. The highest BCUT2D eigenvalue weighted by Gasteiger charge is 2.55. The number of benzene rings is 6. The van der Waals surface area contributed by atoms with Gasteiger partial charge in [-0.05, 0) is 170 Å². The molecule has 0 aliphatic heterocycles. The van der Waals surface area contributed by atoms with Crippen molar-refractivity contribution in [3.05, 3.63) is 167 Å². The van der Waals surface area contributed by atoms with Gasteiger partial charge in [-0.3, -0.25) is 9.55 Å². The second-order valence-electron chi connectivity index (χ2n) is 24.8. The molecule has 1 atom stereocenters. The van der Waals surface area contributed by atoms with Crippen molar-refractivity contribution in [2.75, 3.05) is 0 Å². The van der Waals surface area contributed by atoms with E-state index in [0.29, 0.717) is 29.1 Å². The Labute approximate surface area is 424 Å². The molecule has 6 aromatic carbocycles. The summed E-state index contributed by atoms with van der Waals surface area (Å²) in [5.41, 5.74) is 19.1. The zero-order chi connectivity index (χ0) is 50.4. The van der Waals surface area contributed by atoms with E-state index >= 15 is 0 Å². The lowest BCUT2D eigenvalue weighted by atomic mass is 9.58. The third kappa shape index (κ3) is 8.53.